The number of benzene rings is 3. The van der Waals surface area contributed by atoms with E-state index < -0.39 is 0 Å². The highest BCUT2D eigenvalue weighted by Gasteiger charge is 2.11. The molecule has 3 aromatic carbocycles. The summed E-state index contributed by atoms with van der Waals surface area (Å²) in [5, 5.41) is 13.3. The fourth-order valence-electron chi connectivity index (χ4n) is 2.70. The smallest absolute Gasteiger partial charge is 0.315 e. The minimum Gasteiger partial charge on any atom is -0.426 e. The first-order valence-electron chi connectivity index (χ1n) is 7.91. The number of nitrogens with zero attached hydrogens (tertiary/aromatic N) is 4. The molecule has 0 saturated carbocycles. The summed E-state index contributed by atoms with van der Waals surface area (Å²) in [6.07, 6.45) is 1.67. The number of fused-ring (bicyclic) bond motifs is 1. The van der Waals surface area contributed by atoms with Gasteiger partial charge in [-0.05, 0) is 40.3 Å². The van der Waals surface area contributed by atoms with E-state index in [1.54, 1.807) is 16.8 Å². The Bertz CT molecular complexity index is 1060. The second-order valence-corrected chi connectivity index (χ2v) is 6.07. The number of tetrazole rings is 1. The van der Waals surface area contributed by atoms with Gasteiger partial charge in [0.05, 0.1) is 12.1 Å². The summed E-state index contributed by atoms with van der Waals surface area (Å²) >= 11 is 6.20. The molecular weight excluding hydrogens is 352 g/mol. The molecule has 0 spiro atoms. The summed E-state index contributed by atoms with van der Waals surface area (Å²) in [6.45, 7) is 0. The van der Waals surface area contributed by atoms with Crippen LogP contribution in [0.25, 0.3) is 16.5 Å². The van der Waals surface area contributed by atoms with Gasteiger partial charge in [0.25, 0.3) is 0 Å². The normalized spacial score (nSPS) is 10.8. The van der Waals surface area contributed by atoms with Gasteiger partial charge in [-0.3, -0.25) is 4.79 Å². The second kappa shape index (κ2) is 6.93. The van der Waals surface area contributed by atoms with Gasteiger partial charge in [0.2, 0.25) is 0 Å². The zero-order valence-electron chi connectivity index (χ0n) is 13.5. The third-order valence-corrected chi connectivity index (χ3v) is 4.28. The number of ether oxygens (including phenoxy) is 1. The lowest BCUT2D eigenvalue weighted by Crippen LogP contribution is -2.11. The van der Waals surface area contributed by atoms with Crippen LogP contribution >= 0.6 is 11.6 Å². The maximum absolute atomic E-state index is 12.3. The number of carbonyl (C=O) groups is 1. The van der Waals surface area contributed by atoms with Crippen LogP contribution in [0.4, 0.5) is 0 Å². The van der Waals surface area contributed by atoms with E-state index in [1.807, 2.05) is 48.5 Å². The molecular formula is C19H13ClN4O2. The molecule has 7 heteroatoms. The summed E-state index contributed by atoms with van der Waals surface area (Å²) in [5.41, 5.74) is 1.65. The lowest BCUT2D eigenvalue weighted by atomic mass is 10.1. The van der Waals surface area contributed by atoms with Gasteiger partial charge in [-0.1, -0.05) is 48.0 Å². The van der Waals surface area contributed by atoms with Crippen molar-refractivity contribution in [3.63, 3.8) is 0 Å². The lowest BCUT2D eigenvalue weighted by Gasteiger charge is -2.09. The average molecular weight is 365 g/mol. The number of hydrogen-bond acceptors (Lipinski definition) is 5. The molecule has 0 atom stereocenters. The zero-order chi connectivity index (χ0) is 17.9. The Kier molecular flexibility index (Phi) is 4.33. The summed E-state index contributed by atoms with van der Waals surface area (Å²) in [7, 11) is 0. The van der Waals surface area contributed by atoms with E-state index in [0.717, 1.165) is 22.0 Å². The molecule has 26 heavy (non-hydrogen) atoms. The van der Waals surface area contributed by atoms with E-state index in [-0.39, 0.29) is 12.4 Å². The molecule has 0 amide bonds. The van der Waals surface area contributed by atoms with E-state index in [1.165, 1.54) is 6.33 Å². The lowest BCUT2D eigenvalue weighted by molar-refractivity contribution is -0.133. The predicted molar refractivity (Wildman–Crippen MR) is 97.5 cm³/mol. The highest BCUT2D eigenvalue weighted by molar-refractivity contribution is 6.35. The van der Waals surface area contributed by atoms with Crippen LogP contribution in [-0.2, 0) is 11.2 Å². The minimum atomic E-state index is -0.340. The number of halogens is 1. The quantitative estimate of drug-likeness (QED) is 0.408. The maximum Gasteiger partial charge on any atom is 0.315 e. The molecule has 1 heterocycles. The number of esters is 1. The second-order valence-electron chi connectivity index (χ2n) is 5.66. The average Bonchev–Trinajstić information content (AvgIpc) is 3.20. The molecule has 0 aliphatic rings. The van der Waals surface area contributed by atoms with E-state index in [2.05, 4.69) is 15.5 Å². The van der Waals surface area contributed by atoms with Crippen LogP contribution < -0.4 is 4.74 Å². The van der Waals surface area contributed by atoms with Crippen molar-refractivity contribution in [2.24, 2.45) is 0 Å². The Morgan fingerprint density at radius 2 is 1.77 bits per heavy atom. The van der Waals surface area contributed by atoms with Crippen LogP contribution in [0.3, 0.4) is 0 Å². The van der Waals surface area contributed by atoms with Crippen molar-refractivity contribution in [1.29, 1.82) is 0 Å². The van der Waals surface area contributed by atoms with Gasteiger partial charge < -0.3 is 4.74 Å². The Morgan fingerprint density at radius 1 is 1.00 bits per heavy atom. The first kappa shape index (κ1) is 16.2. The third-order valence-electron chi connectivity index (χ3n) is 3.95. The number of rotatable bonds is 4. The first-order valence-corrected chi connectivity index (χ1v) is 8.29. The standard InChI is InChI=1S/C19H13ClN4O2/c20-17-9-10-18(16-4-2-1-3-15(16)17)26-19(25)11-13-5-7-14(8-6-13)24-12-21-22-23-24/h1-10,12H,11H2. The molecule has 0 aliphatic carbocycles. The molecule has 0 N–H and O–H groups in total. The Labute approximate surface area is 154 Å². The molecule has 0 aliphatic heterocycles. The van der Waals surface area contributed by atoms with Gasteiger partial charge >= 0.3 is 5.97 Å². The summed E-state index contributed by atoms with van der Waals surface area (Å²) < 4.78 is 7.10. The van der Waals surface area contributed by atoms with E-state index in [4.69, 9.17) is 16.3 Å². The highest BCUT2D eigenvalue weighted by Crippen LogP contribution is 2.31. The topological polar surface area (TPSA) is 69.9 Å². The van der Waals surface area contributed by atoms with Crippen molar-refractivity contribution in [2.45, 2.75) is 6.42 Å². The molecule has 0 bridgehead atoms. The van der Waals surface area contributed by atoms with Crippen LogP contribution in [0.5, 0.6) is 5.75 Å². The van der Waals surface area contributed by atoms with Crippen LogP contribution in [0.1, 0.15) is 5.56 Å². The van der Waals surface area contributed by atoms with Gasteiger partial charge in [0.1, 0.15) is 12.1 Å². The SMILES string of the molecule is O=C(Cc1ccc(-n2cnnn2)cc1)Oc1ccc(Cl)c2ccccc12. The zero-order valence-corrected chi connectivity index (χ0v) is 14.3. The van der Waals surface area contributed by atoms with E-state index in [9.17, 15) is 4.79 Å². The van der Waals surface area contributed by atoms with Gasteiger partial charge in [0, 0.05) is 15.8 Å². The third kappa shape index (κ3) is 3.27. The van der Waals surface area contributed by atoms with Crippen molar-refractivity contribution >= 4 is 28.3 Å². The van der Waals surface area contributed by atoms with Crippen molar-refractivity contribution < 1.29 is 9.53 Å². The fourth-order valence-corrected chi connectivity index (χ4v) is 2.92. The summed E-state index contributed by atoms with van der Waals surface area (Å²) in [6, 6.07) is 18.4. The molecule has 0 fully saturated rings. The molecule has 4 aromatic rings. The van der Waals surface area contributed by atoms with Crippen molar-refractivity contribution in [3.05, 3.63) is 77.6 Å². The summed E-state index contributed by atoms with van der Waals surface area (Å²) in [5.74, 6) is 0.160. The maximum atomic E-state index is 12.3. The van der Waals surface area contributed by atoms with Crippen molar-refractivity contribution in [1.82, 2.24) is 20.2 Å². The van der Waals surface area contributed by atoms with E-state index in [0.29, 0.717) is 10.8 Å². The van der Waals surface area contributed by atoms with E-state index >= 15 is 0 Å². The van der Waals surface area contributed by atoms with Crippen molar-refractivity contribution in [3.8, 4) is 11.4 Å². The number of aromatic nitrogens is 4. The highest BCUT2D eigenvalue weighted by atomic mass is 35.5. The summed E-state index contributed by atoms with van der Waals surface area (Å²) in [4.78, 5) is 12.3. The molecule has 0 saturated heterocycles. The molecule has 6 nitrogen and oxygen atoms in total. The number of carbonyl (C=O) groups excluding carboxylic acids is 1. The molecule has 1 aromatic heterocycles. The van der Waals surface area contributed by atoms with Gasteiger partial charge in [0.15, 0.2) is 0 Å². The number of hydrogen-bond donors (Lipinski definition) is 0. The van der Waals surface area contributed by atoms with Crippen LogP contribution in [0.2, 0.25) is 5.02 Å². The molecule has 0 unspecified atom stereocenters. The van der Waals surface area contributed by atoms with Gasteiger partial charge in [-0.15, -0.1) is 5.10 Å². The van der Waals surface area contributed by atoms with Crippen LogP contribution in [-0.4, -0.2) is 26.2 Å². The van der Waals surface area contributed by atoms with Crippen LogP contribution in [0.15, 0.2) is 67.0 Å². The fraction of sp³-hybridized carbons (Fsp3) is 0.0526. The largest absolute Gasteiger partial charge is 0.426 e. The molecule has 128 valence electrons. The predicted octanol–water partition coefficient (Wildman–Crippen LogP) is 3.62. The van der Waals surface area contributed by atoms with Gasteiger partial charge in [-0.2, -0.15) is 0 Å². The van der Waals surface area contributed by atoms with Gasteiger partial charge in [-0.25, -0.2) is 4.68 Å². The Morgan fingerprint density at radius 3 is 2.50 bits per heavy atom. The minimum absolute atomic E-state index is 0.160. The van der Waals surface area contributed by atoms with Crippen molar-refractivity contribution in [2.75, 3.05) is 0 Å². The monoisotopic (exact) mass is 364 g/mol. The van der Waals surface area contributed by atoms with Crippen LogP contribution in [0, 0.1) is 0 Å². The Hall–Kier alpha value is -3.25. The molecule has 0 radical (unpaired) electrons. The molecule has 4 rings (SSSR count). The first-order chi connectivity index (χ1) is 12.7. The Balaban J connectivity index is 1.50.